The van der Waals surface area contributed by atoms with Crippen molar-refractivity contribution in [2.45, 2.75) is 39.7 Å². The lowest BCUT2D eigenvalue weighted by Crippen LogP contribution is -2.39. The molecule has 0 bridgehead atoms. The highest BCUT2D eigenvalue weighted by Crippen LogP contribution is 2.21. The molecule has 17 heavy (non-hydrogen) atoms. The summed E-state index contributed by atoms with van der Waals surface area (Å²) in [5.41, 5.74) is 2.64. The highest BCUT2D eigenvalue weighted by molar-refractivity contribution is 5.95. The molecule has 0 N–H and O–H groups in total. The van der Waals surface area contributed by atoms with Crippen molar-refractivity contribution in [3.8, 4) is 0 Å². The van der Waals surface area contributed by atoms with Crippen molar-refractivity contribution in [3.05, 3.63) is 29.8 Å². The van der Waals surface area contributed by atoms with Gasteiger partial charge in [0.2, 0.25) is 0 Å². The van der Waals surface area contributed by atoms with Gasteiger partial charge in [-0.3, -0.25) is 4.58 Å². The Kier molecular flexibility index (Phi) is 3.51. The van der Waals surface area contributed by atoms with Gasteiger partial charge in [-0.2, -0.15) is 0 Å². The molecular formula is C15H23N2+. The Morgan fingerprint density at radius 1 is 1.18 bits per heavy atom. The quantitative estimate of drug-likeness (QED) is 0.709. The van der Waals surface area contributed by atoms with E-state index in [2.05, 4.69) is 61.6 Å². The van der Waals surface area contributed by atoms with Gasteiger partial charge < -0.3 is 0 Å². The molecule has 0 spiro atoms. The third kappa shape index (κ3) is 2.51. The third-order valence-electron chi connectivity index (χ3n) is 3.44. The van der Waals surface area contributed by atoms with Gasteiger partial charge in [0.25, 0.3) is 5.84 Å². The van der Waals surface area contributed by atoms with E-state index >= 15 is 0 Å². The fourth-order valence-electron chi connectivity index (χ4n) is 2.55. The van der Waals surface area contributed by atoms with E-state index in [1.165, 1.54) is 36.5 Å². The molecule has 1 aliphatic rings. The van der Waals surface area contributed by atoms with Gasteiger partial charge in [-0.25, -0.2) is 4.90 Å². The van der Waals surface area contributed by atoms with Gasteiger partial charge in [-0.1, -0.05) is 17.7 Å². The zero-order chi connectivity index (χ0) is 12.4. The number of nitrogens with zero attached hydrogens (tertiary/aromatic N) is 2. The normalized spacial score (nSPS) is 15.8. The van der Waals surface area contributed by atoms with E-state index in [1.54, 1.807) is 0 Å². The molecule has 1 aromatic rings. The minimum absolute atomic E-state index is 0.508. The van der Waals surface area contributed by atoms with Crippen molar-refractivity contribution >= 4 is 11.5 Å². The molecule has 0 radical (unpaired) electrons. The second kappa shape index (κ2) is 4.91. The van der Waals surface area contributed by atoms with Gasteiger partial charge in [0.1, 0.15) is 5.69 Å². The van der Waals surface area contributed by atoms with Crippen molar-refractivity contribution in [1.82, 2.24) is 0 Å². The van der Waals surface area contributed by atoms with Crippen LogP contribution in [0.15, 0.2) is 24.3 Å². The first-order chi connectivity index (χ1) is 8.09. The maximum atomic E-state index is 2.46. The van der Waals surface area contributed by atoms with Crippen LogP contribution >= 0.6 is 0 Å². The molecule has 0 atom stereocenters. The monoisotopic (exact) mass is 231 g/mol. The van der Waals surface area contributed by atoms with Crippen LogP contribution in [0.5, 0.6) is 0 Å². The lowest BCUT2D eigenvalue weighted by Gasteiger charge is -2.22. The largest absolute Gasteiger partial charge is 0.268 e. The second-order valence-electron chi connectivity index (χ2n) is 5.24. The van der Waals surface area contributed by atoms with Gasteiger partial charge in [0, 0.05) is 0 Å². The summed E-state index contributed by atoms with van der Waals surface area (Å²) in [6, 6.07) is 9.36. The number of hydrogen-bond acceptors (Lipinski definition) is 1. The first-order valence-electron chi connectivity index (χ1n) is 6.52. The molecular weight excluding hydrogens is 208 g/mol. The molecule has 2 heteroatoms. The zero-order valence-electron chi connectivity index (χ0n) is 11.4. The molecule has 0 aliphatic carbocycles. The van der Waals surface area contributed by atoms with Crippen molar-refractivity contribution in [1.29, 1.82) is 0 Å². The van der Waals surface area contributed by atoms with Crippen LogP contribution in [0.4, 0.5) is 5.69 Å². The summed E-state index contributed by atoms with van der Waals surface area (Å²) >= 11 is 0. The van der Waals surface area contributed by atoms with E-state index in [-0.39, 0.29) is 0 Å². The molecule has 0 unspecified atom stereocenters. The topological polar surface area (TPSA) is 6.25 Å². The molecule has 92 valence electrons. The Labute approximate surface area is 105 Å². The fourth-order valence-corrected chi connectivity index (χ4v) is 2.55. The van der Waals surface area contributed by atoms with E-state index in [0.717, 1.165) is 0 Å². The molecule has 0 aromatic heterocycles. The van der Waals surface area contributed by atoms with Crippen molar-refractivity contribution < 1.29 is 4.58 Å². The predicted octanol–water partition coefficient (Wildman–Crippen LogP) is 3.04. The molecule has 1 aromatic carbocycles. The summed E-state index contributed by atoms with van der Waals surface area (Å²) in [5.74, 6) is 1.46. The molecule has 0 saturated heterocycles. The maximum absolute atomic E-state index is 2.46. The highest BCUT2D eigenvalue weighted by Gasteiger charge is 2.29. The number of hydrogen-bond donors (Lipinski definition) is 0. The van der Waals surface area contributed by atoms with E-state index in [0.29, 0.717) is 6.04 Å². The lowest BCUT2D eigenvalue weighted by molar-refractivity contribution is -0.489. The van der Waals surface area contributed by atoms with Crippen LogP contribution in [0, 0.1) is 6.92 Å². The fraction of sp³-hybridized carbons (Fsp3) is 0.533. The average Bonchev–Trinajstić information content (AvgIpc) is 2.68. The van der Waals surface area contributed by atoms with Gasteiger partial charge in [0.05, 0.1) is 26.1 Å². The first-order valence-corrected chi connectivity index (χ1v) is 6.52. The summed E-state index contributed by atoms with van der Waals surface area (Å²) in [6.45, 7) is 7.85. The summed E-state index contributed by atoms with van der Waals surface area (Å²) in [7, 11) is 2.20. The number of amidine groups is 1. The van der Waals surface area contributed by atoms with Crippen LogP contribution in [0.25, 0.3) is 0 Å². The minimum atomic E-state index is 0.508. The van der Waals surface area contributed by atoms with Crippen LogP contribution in [0.2, 0.25) is 0 Å². The molecule has 1 heterocycles. The third-order valence-corrected chi connectivity index (χ3v) is 3.44. The van der Waals surface area contributed by atoms with Crippen LogP contribution in [-0.4, -0.2) is 30.0 Å². The number of anilines is 1. The van der Waals surface area contributed by atoms with Crippen LogP contribution < -0.4 is 4.90 Å². The summed E-state index contributed by atoms with van der Waals surface area (Å²) in [5, 5.41) is 0. The smallest absolute Gasteiger partial charge is 0.252 e. The van der Waals surface area contributed by atoms with Gasteiger partial charge >= 0.3 is 0 Å². The Hall–Kier alpha value is -1.31. The van der Waals surface area contributed by atoms with E-state index in [9.17, 15) is 0 Å². The molecule has 2 rings (SSSR count). The maximum Gasteiger partial charge on any atom is 0.252 e. The van der Waals surface area contributed by atoms with E-state index in [1.807, 2.05) is 0 Å². The van der Waals surface area contributed by atoms with E-state index < -0.39 is 0 Å². The SMILES string of the molecule is Cc1ccc(N(C2=[N+](C)CCC2)C(C)C)cc1. The Bertz CT molecular complexity index is 415. The first kappa shape index (κ1) is 12.2. The number of rotatable bonds is 2. The Balaban J connectivity index is 2.36. The average molecular weight is 231 g/mol. The predicted molar refractivity (Wildman–Crippen MR) is 74.1 cm³/mol. The van der Waals surface area contributed by atoms with Crippen molar-refractivity contribution in [2.24, 2.45) is 0 Å². The van der Waals surface area contributed by atoms with Crippen molar-refractivity contribution in [3.63, 3.8) is 0 Å². The van der Waals surface area contributed by atoms with Crippen molar-refractivity contribution in [2.75, 3.05) is 18.5 Å². The van der Waals surface area contributed by atoms with Crippen LogP contribution in [-0.2, 0) is 0 Å². The van der Waals surface area contributed by atoms with Crippen LogP contribution in [0.3, 0.4) is 0 Å². The number of aryl methyl sites for hydroxylation is 1. The zero-order valence-corrected chi connectivity index (χ0v) is 11.4. The van der Waals surface area contributed by atoms with Gasteiger partial charge in [-0.15, -0.1) is 0 Å². The molecule has 0 saturated carbocycles. The summed E-state index contributed by atoms with van der Waals surface area (Å²) in [4.78, 5) is 2.46. The molecule has 1 aliphatic heterocycles. The Morgan fingerprint density at radius 3 is 2.29 bits per heavy atom. The van der Waals surface area contributed by atoms with Gasteiger partial charge in [-0.05, 0) is 39.3 Å². The van der Waals surface area contributed by atoms with Crippen LogP contribution in [0.1, 0.15) is 32.3 Å². The summed E-state index contributed by atoms with van der Waals surface area (Å²) < 4.78 is 2.39. The Morgan fingerprint density at radius 2 is 1.82 bits per heavy atom. The molecule has 0 fully saturated rings. The minimum Gasteiger partial charge on any atom is -0.268 e. The number of benzene rings is 1. The van der Waals surface area contributed by atoms with Gasteiger partial charge in [0.15, 0.2) is 0 Å². The van der Waals surface area contributed by atoms with E-state index in [4.69, 9.17) is 0 Å². The lowest BCUT2D eigenvalue weighted by atomic mass is 10.1. The highest BCUT2D eigenvalue weighted by atomic mass is 15.3. The summed E-state index contributed by atoms with van der Waals surface area (Å²) in [6.07, 6.45) is 2.48. The second-order valence-corrected chi connectivity index (χ2v) is 5.24. The molecule has 2 nitrogen and oxygen atoms in total. The standard InChI is InChI=1S/C15H23N2/c1-12(2)17(15-6-5-11-16(15)4)14-9-7-13(3)8-10-14/h7-10,12H,5-6,11H2,1-4H3/q+1. The molecule has 0 amide bonds.